The van der Waals surface area contributed by atoms with Crippen LogP contribution >= 0.6 is 0 Å². The molecule has 0 aliphatic carbocycles. The Hall–Kier alpha value is -1.84. The van der Waals surface area contributed by atoms with Gasteiger partial charge in [0.2, 0.25) is 5.89 Å². The van der Waals surface area contributed by atoms with E-state index >= 15 is 0 Å². The molecule has 0 aromatic carbocycles. The lowest BCUT2D eigenvalue weighted by Crippen LogP contribution is -2.39. The van der Waals surface area contributed by atoms with Gasteiger partial charge in [-0.2, -0.15) is 13.2 Å². The van der Waals surface area contributed by atoms with E-state index in [0.717, 1.165) is 0 Å². The zero-order valence-electron chi connectivity index (χ0n) is 13.9. The van der Waals surface area contributed by atoms with E-state index in [1.165, 1.54) is 0 Å². The number of alkyl halides is 3. The second-order valence-corrected chi connectivity index (χ2v) is 6.60. The van der Waals surface area contributed by atoms with Gasteiger partial charge in [0, 0.05) is 26.2 Å². The van der Waals surface area contributed by atoms with Crippen LogP contribution in [0.2, 0.25) is 0 Å². The number of hydrogen-bond acceptors (Lipinski definition) is 6. The predicted molar refractivity (Wildman–Crippen MR) is 77.0 cm³/mol. The van der Waals surface area contributed by atoms with Crippen molar-refractivity contribution in [1.82, 2.24) is 20.0 Å². The highest BCUT2D eigenvalue weighted by atomic mass is 19.4. The topological polar surface area (TPSA) is 71.7 Å². The van der Waals surface area contributed by atoms with E-state index in [-0.39, 0.29) is 18.5 Å². The number of hydrogen-bond donors (Lipinski definition) is 0. The molecule has 1 fully saturated rings. The first kappa shape index (κ1) is 18.5. The molecule has 0 radical (unpaired) electrons. The summed E-state index contributed by atoms with van der Waals surface area (Å²) < 4.78 is 47.3. The molecule has 0 spiro atoms. The second-order valence-electron chi connectivity index (χ2n) is 6.60. The number of aromatic nitrogens is 2. The van der Waals surface area contributed by atoms with E-state index in [4.69, 9.17) is 4.74 Å². The highest BCUT2D eigenvalue weighted by Gasteiger charge is 2.38. The van der Waals surface area contributed by atoms with E-state index in [1.807, 2.05) is 4.90 Å². The Labute approximate surface area is 137 Å². The van der Waals surface area contributed by atoms with Crippen molar-refractivity contribution >= 4 is 6.09 Å². The fraction of sp³-hybridized carbons (Fsp3) is 0.786. The molecule has 2 rings (SSSR count). The van der Waals surface area contributed by atoms with Gasteiger partial charge in [-0.25, -0.2) is 4.79 Å². The number of rotatable bonds is 2. The van der Waals surface area contributed by atoms with Crippen LogP contribution in [0.15, 0.2) is 4.42 Å². The van der Waals surface area contributed by atoms with Crippen molar-refractivity contribution in [2.45, 2.75) is 45.5 Å². The Kier molecular flexibility index (Phi) is 5.36. The molecule has 1 aliphatic rings. The van der Waals surface area contributed by atoms with E-state index in [1.54, 1.807) is 25.7 Å². The largest absolute Gasteiger partial charge is 0.470 e. The number of carbonyl (C=O) groups is 1. The molecule has 10 heteroatoms. The lowest BCUT2D eigenvalue weighted by Gasteiger charge is -2.26. The second kappa shape index (κ2) is 6.96. The molecule has 1 amide bonds. The van der Waals surface area contributed by atoms with Gasteiger partial charge in [-0.05, 0) is 27.2 Å². The van der Waals surface area contributed by atoms with Gasteiger partial charge in [0.1, 0.15) is 5.60 Å². The molecule has 24 heavy (non-hydrogen) atoms. The van der Waals surface area contributed by atoms with Crippen molar-refractivity contribution < 1.29 is 27.1 Å². The number of carbonyl (C=O) groups excluding carboxylic acids is 1. The average molecular weight is 350 g/mol. The van der Waals surface area contributed by atoms with E-state index in [9.17, 15) is 18.0 Å². The Morgan fingerprint density at radius 2 is 1.88 bits per heavy atom. The van der Waals surface area contributed by atoms with Crippen molar-refractivity contribution in [3.05, 3.63) is 11.8 Å². The summed E-state index contributed by atoms with van der Waals surface area (Å²) in [5, 5.41) is 6.43. The third-order valence-electron chi connectivity index (χ3n) is 3.31. The van der Waals surface area contributed by atoms with E-state index in [0.29, 0.717) is 32.6 Å². The smallest absolute Gasteiger partial charge is 0.444 e. The van der Waals surface area contributed by atoms with Crippen LogP contribution < -0.4 is 0 Å². The first-order valence-electron chi connectivity index (χ1n) is 7.64. The standard InChI is InChI=1S/C14H21F3N4O3/c1-13(2,3)24-12(22)21-6-4-5-20(7-8-21)9-10-18-19-11(23-10)14(15,16)17/h4-9H2,1-3H3. The lowest BCUT2D eigenvalue weighted by molar-refractivity contribution is -0.157. The Bertz CT molecular complexity index is 568. The quantitative estimate of drug-likeness (QED) is 0.816. The highest BCUT2D eigenvalue weighted by Crippen LogP contribution is 2.27. The Morgan fingerprint density at radius 3 is 2.46 bits per heavy atom. The number of nitrogens with zero attached hydrogens (tertiary/aromatic N) is 4. The van der Waals surface area contributed by atoms with Crippen LogP contribution in [0.5, 0.6) is 0 Å². The highest BCUT2D eigenvalue weighted by molar-refractivity contribution is 5.68. The zero-order valence-corrected chi connectivity index (χ0v) is 13.9. The number of ether oxygens (including phenoxy) is 1. The SMILES string of the molecule is CC(C)(C)OC(=O)N1CCCN(Cc2nnc(C(F)(F)F)o2)CC1. The van der Waals surface area contributed by atoms with Crippen molar-refractivity contribution in [2.24, 2.45) is 0 Å². The lowest BCUT2D eigenvalue weighted by atomic mass is 10.2. The average Bonchev–Trinajstić information content (AvgIpc) is 2.76. The van der Waals surface area contributed by atoms with Crippen LogP contribution in [0, 0.1) is 0 Å². The van der Waals surface area contributed by atoms with E-state index < -0.39 is 17.7 Å². The first-order chi connectivity index (χ1) is 11.0. The molecular weight excluding hydrogens is 329 g/mol. The van der Waals surface area contributed by atoms with Crippen LogP contribution in [0.1, 0.15) is 39.0 Å². The van der Waals surface area contributed by atoms with Crippen molar-refractivity contribution in [2.75, 3.05) is 26.2 Å². The summed E-state index contributed by atoms with van der Waals surface area (Å²) >= 11 is 0. The third-order valence-corrected chi connectivity index (χ3v) is 3.31. The van der Waals surface area contributed by atoms with Gasteiger partial charge in [0.25, 0.3) is 0 Å². The molecule has 0 bridgehead atoms. The molecule has 1 aliphatic heterocycles. The van der Waals surface area contributed by atoms with Gasteiger partial charge in [-0.1, -0.05) is 0 Å². The molecule has 1 aromatic rings. The summed E-state index contributed by atoms with van der Waals surface area (Å²) in [5.74, 6) is -1.43. The Balaban J connectivity index is 1.89. The van der Waals surface area contributed by atoms with Gasteiger partial charge in [0.15, 0.2) is 0 Å². The molecule has 0 atom stereocenters. The maximum absolute atomic E-state index is 12.5. The normalized spacial score (nSPS) is 17.7. The molecule has 1 saturated heterocycles. The Morgan fingerprint density at radius 1 is 1.17 bits per heavy atom. The van der Waals surface area contributed by atoms with Crippen LogP contribution in [0.25, 0.3) is 0 Å². The van der Waals surface area contributed by atoms with Crippen LogP contribution in [-0.4, -0.2) is 57.9 Å². The van der Waals surface area contributed by atoms with Crippen molar-refractivity contribution in [3.63, 3.8) is 0 Å². The zero-order chi connectivity index (χ0) is 18.0. The maximum Gasteiger partial charge on any atom is 0.470 e. The summed E-state index contributed by atoms with van der Waals surface area (Å²) in [6.45, 7) is 7.56. The maximum atomic E-state index is 12.5. The monoisotopic (exact) mass is 350 g/mol. The summed E-state index contributed by atoms with van der Waals surface area (Å²) in [7, 11) is 0. The molecule has 136 valence electrons. The molecule has 7 nitrogen and oxygen atoms in total. The molecular formula is C14H21F3N4O3. The summed E-state index contributed by atoms with van der Waals surface area (Å²) in [5.41, 5.74) is -0.569. The molecule has 0 unspecified atom stereocenters. The van der Waals surface area contributed by atoms with Gasteiger partial charge in [-0.3, -0.25) is 4.90 Å². The minimum atomic E-state index is -4.64. The molecule has 0 saturated carbocycles. The van der Waals surface area contributed by atoms with Crippen LogP contribution in [-0.2, 0) is 17.5 Å². The van der Waals surface area contributed by atoms with Gasteiger partial charge in [0.05, 0.1) is 6.54 Å². The summed E-state index contributed by atoms with van der Waals surface area (Å²) in [4.78, 5) is 15.5. The fourth-order valence-electron chi connectivity index (χ4n) is 2.26. The minimum absolute atomic E-state index is 0.0898. The fourth-order valence-corrected chi connectivity index (χ4v) is 2.26. The summed E-state index contributed by atoms with van der Waals surface area (Å²) in [6.07, 6.45) is -4.35. The summed E-state index contributed by atoms with van der Waals surface area (Å²) in [6, 6.07) is 0. The molecule has 1 aromatic heterocycles. The number of halogens is 3. The van der Waals surface area contributed by atoms with Gasteiger partial charge in [-0.15, -0.1) is 10.2 Å². The molecule has 2 heterocycles. The van der Waals surface area contributed by atoms with Crippen LogP contribution in [0.4, 0.5) is 18.0 Å². The predicted octanol–water partition coefficient (Wildman–Crippen LogP) is 2.53. The number of amides is 1. The van der Waals surface area contributed by atoms with Gasteiger partial charge < -0.3 is 14.1 Å². The van der Waals surface area contributed by atoms with E-state index in [2.05, 4.69) is 14.6 Å². The van der Waals surface area contributed by atoms with Crippen LogP contribution in [0.3, 0.4) is 0 Å². The van der Waals surface area contributed by atoms with Crippen molar-refractivity contribution in [3.8, 4) is 0 Å². The molecule has 0 N–H and O–H groups in total. The third kappa shape index (κ3) is 5.36. The van der Waals surface area contributed by atoms with Gasteiger partial charge >= 0.3 is 18.2 Å². The van der Waals surface area contributed by atoms with Crippen molar-refractivity contribution in [1.29, 1.82) is 0 Å². The first-order valence-corrected chi connectivity index (χ1v) is 7.64. The minimum Gasteiger partial charge on any atom is -0.444 e.